The number of amides is 2. The van der Waals surface area contributed by atoms with Crippen LogP contribution in [0.25, 0.3) is 16.9 Å². The second-order valence-corrected chi connectivity index (χ2v) is 8.01. The molecule has 2 N–H and O–H groups in total. The number of anilines is 1. The number of imidazole rings is 1. The molecule has 5 aromatic rings. The average Bonchev–Trinajstić information content (AvgIpc) is 3.59. The van der Waals surface area contributed by atoms with E-state index in [-0.39, 0.29) is 24.0 Å². The van der Waals surface area contributed by atoms with Crippen LogP contribution in [0.3, 0.4) is 0 Å². The Labute approximate surface area is 192 Å². The van der Waals surface area contributed by atoms with Crippen LogP contribution in [-0.4, -0.2) is 31.3 Å². The topological polar surface area (TPSA) is 115 Å². The second kappa shape index (κ2) is 9.05. The third kappa shape index (κ3) is 4.65. The quantitative estimate of drug-likeness (QED) is 0.385. The zero-order valence-corrected chi connectivity index (χ0v) is 18.1. The van der Waals surface area contributed by atoms with Gasteiger partial charge in [0.1, 0.15) is 12.1 Å². The maximum Gasteiger partial charge on any atom is 0.293 e. The van der Waals surface area contributed by atoms with E-state index in [4.69, 9.17) is 4.42 Å². The summed E-state index contributed by atoms with van der Waals surface area (Å²) in [6.07, 6.45) is 5.01. The first-order chi connectivity index (χ1) is 16.2. The summed E-state index contributed by atoms with van der Waals surface area (Å²) in [5.74, 6) is 0.398. The molecule has 5 rings (SSSR count). The number of fused-ring (bicyclic) bond motifs is 1. The molecule has 33 heavy (non-hydrogen) atoms. The van der Waals surface area contributed by atoms with Gasteiger partial charge in [-0.25, -0.2) is 15.0 Å². The molecule has 9 nitrogen and oxygen atoms in total. The lowest BCUT2D eigenvalue weighted by molar-refractivity contribution is -0.120. The number of benzene rings is 1. The molecule has 0 aliphatic rings. The van der Waals surface area contributed by atoms with E-state index in [2.05, 4.69) is 25.6 Å². The van der Waals surface area contributed by atoms with Crippen molar-refractivity contribution in [2.75, 3.05) is 5.32 Å². The Kier molecular flexibility index (Phi) is 5.64. The van der Waals surface area contributed by atoms with Gasteiger partial charge in [0.2, 0.25) is 5.91 Å². The highest BCUT2D eigenvalue weighted by Gasteiger charge is 2.13. The Hall–Kier alpha value is -4.31. The van der Waals surface area contributed by atoms with E-state index in [1.165, 1.54) is 17.6 Å². The van der Waals surface area contributed by atoms with E-state index in [1.807, 2.05) is 41.0 Å². The van der Waals surface area contributed by atoms with Gasteiger partial charge >= 0.3 is 0 Å². The molecule has 0 saturated heterocycles. The Morgan fingerprint density at radius 2 is 1.97 bits per heavy atom. The van der Waals surface area contributed by atoms with Gasteiger partial charge in [-0.2, -0.15) is 0 Å². The standard InChI is InChI=1S/C23H18N6O3S/c30-21(10-16-13-33-23(27-16)28-22(31)19-6-3-9-32-19)25-12-15-7-8-20(24-11-15)29-14-26-17-4-1-2-5-18(17)29/h1-9,11,13-14H,10,12H2,(H,25,30)(H,27,28,31). The fourth-order valence-corrected chi connectivity index (χ4v) is 3.95. The van der Waals surface area contributed by atoms with Gasteiger partial charge < -0.3 is 9.73 Å². The Balaban J connectivity index is 1.15. The molecule has 0 aliphatic heterocycles. The Morgan fingerprint density at radius 3 is 2.79 bits per heavy atom. The second-order valence-electron chi connectivity index (χ2n) is 7.16. The van der Waals surface area contributed by atoms with E-state index in [9.17, 15) is 9.59 Å². The normalized spacial score (nSPS) is 10.9. The average molecular weight is 459 g/mol. The van der Waals surface area contributed by atoms with Crippen molar-refractivity contribution in [3.8, 4) is 5.82 Å². The molecule has 0 radical (unpaired) electrons. The minimum Gasteiger partial charge on any atom is -0.459 e. The molecule has 4 heterocycles. The van der Waals surface area contributed by atoms with Crippen LogP contribution in [0.2, 0.25) is 0 Å². The van der Waals surface area contributed by atoms with E-state index in [0.29, 0.717) is 17.4 Å². The van der Waals surface area contributed by atoms with Gasteiger partial charge in [0.25, 0.3) is 5.91 Å². The molecular weight excluding hydrogens is 440 g/mol. The van der Waals surface area contributed by atoms with Crippen LogP contribution in [0.1, 0.15) is 21.8 Å². The van der Waals surface area contributed by atoms with E-state index >= 15 is 0 Å². The minimum atomic E-state index is -0.384. The maximum absolute atomic E-state index is 12.3. The molecule has 0 fully saturated rings. The molecule has 10 heteroatoms. The molecule has 0 bridgehead atoms. The van der Waals surface area contributed by atoms with Crippen molar-refractivity contribution in [3.05, 3.63) is 89.7 Å². The molecule has 1 aromatic carbocycles. The molecule has 0 spiro atoms. The van der Waals surface area contributed by atoms with E-state index in [0.717, 1.165) is 22.4 Å². The molecule has 2 amide bonds. The number of hydrogen-bond acceptors (Lipinski definition) is 7. The van der Waals surface area contributed by atoms with Gasteiger partial charge in [-0.3, -0.25) is 19.5 Å². The molecule has 0 atom stereocenters. The third-order valence-electron chi connectivity index (χ3n) is 4.86. The van der Waals surface area contributed by atoms with Crippen LogP contribution < -0.4 is 10.6 Å². The van der Waals surface area contributed by atoms with Gasteiger partial charge in [-0.1, -0.05) is 18.2 Å². The van der Waals surface area contributed by atoms with Crippen LogP contribution in [0, 0.1) is 0 Å². The molecule has 164 valence electrons. The van der Waals surface area contributed by atoms with E-state index in [1.54, 1.807) is 30.0 Å². The largest absolute Gasteiger partial charge is 0.459 e. The van der Waals surface area contributed by atoms with Crippen LogP contribution >= 0.6 is 11.3 Å². The highest BCUT2D eigenvalue weighted by molar-refractivity contribution is 7.14. The molecule has 4 aromatic heterocycles. The van der Waals surface area contributed by atoms with Crippen molar-refractivity contribution in [2.24, 2.45) is 0 Å². The number of furan rings is 1. The number of nitrogens with one attached hydrogen (secondary N) is 2. The summed E-state index contributed by atoms with van der Waals surface area (Å²) in [5, 5.41) is 7.67. The summed E-state index contributed by atoms with van der Waals surface area (Å²) >= 11 is 1.25. The summed E-state index contributed by atoms with van der Waals surface area (Å²) in [5.41, 5.74) is 3.34. The Bertz CT molecular complexity index is 1410. The fourth-order valence-electron chi connectivity index (χ4n) is 3.25. The summed E-state index contributed by atoms with van der Waals surface area (Å²) in [6, 6.07) is 14.9. The number of thiazole rings is 1. The number of pyridine rings is 1. The lowest BCUT2D eigenvalue weighted by atomic mass is 10.2. The number of nitrogens with zero attached hydrogens (tertiary/aromatic N) is 4. The predicted octanol–water partition coefficient (Wildman–Crippen LogP) is 3.58. The number of carbonyl (C=O) groups is 2. The lowest BCUT2D eigenvalue weighted by Gasteiger charge is -2.07. The number of aromatic nitrogens is 4. The highest BCUT2D eigenvalue weighted by Crippen LogP contribution is 2.18. The van der Waals surface area contributed by atoms with Crippen molar-refractivity contribution in [1.29, 1.82) is 0 Å². The van der Waals surface area contributed by atoms with Crippen molar-refractivity contribution in [1.82, 2.24) is 24.8 Å². The Morgan fingerprint density at radius 1 is 1.06 bits per heavy atom. The first kappa shape index (κ1) is 20.6. The monoisotopic (exact) mass is 458 g/mol. The van der Waals surface area contributed by atoms with Gasteiger partial charge in [-0.15, -0.1) is 11.3 Å². The number of carbonyl (C=O) groups excluding carboxylic acids is 2. The molecular formula is C23H18N6O3S. The van der Waals surface area contributed by atoms with Crippen LogP contribution in [0.5, 0.6) is 0 Å². The number of rotatable bonds is 7. The lowest BCUT2D eigenvalue weighted by Crippen LogP contribution is -2.24. The van der Waals surface area contributed by atoms with Crippen LogP contribution in [0.15, 0.2) is 77.1 Å². The van der Waals surface area contributed by atoms with Gasteiger partial charge in [0.15, 0.2) is 10.9 Å². The molecule has 0 saturated carbocycles. The van der Waals surface area contributed by atoms with Crippen LogP contribution in [0.4, 0.5) is 5.13 Å². The zero-order chi connectivity index (χ0) is 22.6. The molecule has 0 unspecified atom stereocenters. The van der Waals surface area contributed by atoms with Gasteiger partial charge in [0.05, 0.1) is 29.4 Å². The smallest absolute Gasteiger partial charge is 0.293 e. The number of para-hydroxylation sites is 2. The van der Waals surface area contributed by atoms with Gasteiger partial charge in [-0.05, 0) is 35.9 Å². The maximum atomic E-state index is 12.3. The van der Waals surface area contributed by atoms with E-state index < -0.39 is 0 Å². The zero-order valence-electron chi connectivity index (χ0n) is 17.3. The SMILES string of the molecule is O=C(Cc1csc(NC(=O)c2ccco2)n1)NCc1ccc(-n2cnc3ccccc32)nc1. The number of hydrogen-bond donors (Lipinski definition) is 2. The first-order valence-electron chi connectivity index (χ1n) is 10.1. The van der Waals surface area contributed by atoms with Crippen molar-refractivity contribution in [2.45, 2.75) is 13.0 Å². The fraction of sp³-hybridized carbons (Fsp3) is 0.0870. The summed E-state index contributed by atoms with van der Waals surface area (Å²) in [4.78, 5) is 37.5. The summed E-state index contributed by atoms with van der Waals surface area (Å²) < 4.78 is 6.97. The molecule has 0 aliphatic carbocycles. The van der Waals surface area contributed by atoms with Crippen molar-refractivity contribution >= 4 is 39.3 Å². The predicted molar refractivity (Wildman–Crippen MR) is 123 cm³/mol. The highest BCUT2D eigenvalue weighted by atomic mass is 32.1. The minimum absolute atomic E-state index is 0.111. The summed E-state index contributed by atoms with van der Waals surface area (Å²) in [6.45, 7) is 0.350. The first-order valence-corrected chi connectivity index (χ1v) is 11.0. The van der Waals surface area contributed by atoms with Crippen molar-refractivity contribution in [3.63, 3.8) is 0 Å². The van der Waals surface area contributed by atoms with Crippen molar-refractivity contribution < 1.29 is 14.0 Å². The van der Waals surface area contributed by atoms with Crippen LogP contribution in [-0.2, 0) is 17.8 Å². The van der Waals surface area contributed by atoms with Gasteiger partial charge in [0, 0.05) is 18.1 Å². The third-order valence-corrected chi connectivity index (χ3v) is 5.66. The summed E-state index contributed by atoms with van der Waals surface area (Å²) in [7, 11) is 0.